The highest BCUT2D eigenvalue weighted by molar-refractivity contribution is 5.98. The highest BCUT2D eigenvalue weighted by atomic mass is 16.4. The summed E-state index contributed by atoms with van der Waals surface area (Å²) < 4.78 is 0. The maximum absolute atomic E-state index is 9.04. The molecule has 6 heteroatoms. The minimum atomic E-state index is 0.143. The number of β-amino-alcohol motifs (C(OH)–C–C–N with tert-alkyl or cyclic N) is 1. The van der Waals surface area contributed by atoms with Gasteiger partial charge in [-0.05, 0) is 43.7 Å². The zero-order chi connectivity index (χ0) is 15.2. The number of rotatable bonds is 4. The van der Waals surface area contributed by atoms with Crippen LogP contribution in [0.3, 0.4) is 0 Å². The zero-order valence-electron chi connectivity index (χ0n) is 12.5. The van der Waals surface area contributed by atoms with Crippen LogP contribution in [0.2, 0.25) is 0 Å². The van der Waals surface area contributed by atoms with Crippen molar-refractivity contribution >= 4 is 11.5 Å². The fraction of sp³-hybridized carbons (Fsp3) is 0.533. The van der Waals surface area contributed by atoms with Crippen LogP contribution in [0.5, 0.6) is 0 Å². The van der Waals surface area contributed by atoms with Crippen LogP contribution in [0, 0.1) is 6.92 Å². The summed E-state index contributed by atoms with van der Waals surface area (Å²) >= 11 is 0. The minimum absolute atomic E-state index is 0.143. The molecule has 1 aromatic carbocycles. The Balaban J connectivity index is 2.10. The first-order valence-corrected chi connectivity index (χ1v) is 7.32. The third kappa shape index (κ3) is 3.86. The second-order valence-electron chi connectivity index (χ2n) is 5.39. The van der Waals surface area contributed by atoms with Crippen molar-refractivity contribution in [3.05, 3.63) is 29.3 Å². The number of aryl methyl sites for hydroxylation is 1. The number of hydrogen-bond donors (Lipinski definition) is 3. The summed E-state index contributed by atoms with van der Waals surface area (Å²) in [5.74, 6) is 0.143. The number of nitrogens with two attached hydrogens (primary N) is 1. The first kappa shape index (κ1) is 15.6. The Kier molecular flexibility index (Phi) is 5.41. The lowest BCUT2D eigenvalue weighted by molar-refractivity contribution is 0.204. The molecule has 0 radical (unpaired) electrons. The number of benzene rings is 1. The summed E-state index contributed by atoms with van der Waals surface area (Å²) in [7, 11) is 0. The molecule has 1 heterocycles. The molecule has 116 valence electrons. The SMILES string of the molecule is Cc1cc(N2CCCN(CCO)CC2)ccc1/C(N)=N/O. The van der Waals surface area contributed by atoms with Gasteiger partial charge in [0.1, 0.15) is 0 Å². The van der Waals surface area contributed by atoms with Crippen LogP contribution in [0.1, 0.15) is 17.5 Å². The van der Waals surface area contributed by atoms with Gasteiger partial charge in [0.05, 0.1) is 6.61 Å². The van der Waals surface area contributed by atoms with Gasteiger partial charge in [-0.15, -0.1) is 0 Å². The second kappa shape index (κ2) is 7.28. The predicted octanol–water partition coefficient (Wildman–Crippen LogP) is 0.594. The van der Waals surface area contributed by atoms with Gasteiger partial charge < -0.3 is 20.9 Å². The number of nitrogens with zero attached hydrogens (tertiary/aromatic N) is 3. The Morgan fingerprint density at radius 2 is 2.10 bits per heavy atom. The van der Waals surface area contributed by atoms with Crippen LogP contribution in [0.15, 0.2) is 23.4 Å². The van der Waals surface area contributed by atoms with Crippen LogP contribution >= 0.6 is 0 Å². The summed E-state index contributed by atoms with van der Waals surface area (Å²) in [6, 6.07) is 5.99. The monoisotopic (exact) mass is 292 g/mol. The van der Waals surface area contributed by atoms with E-state index in [1.54, 1.807) is 0 Å². The van der Waals surface area contributed by atoms with E-state index in [1.165, 1.54) is 0 Å². The molecule has 1 aliphatic heterocycles. The summed E-state index contributed by atoms with van der Waals surface area (Å²) in [4.78, 5) is 4.64. The number of aliphatic hydroxyl groups is 1. The van der Waals surface area contributed by atoms with E-state index in [-0.39, 0.29) is 12.4 Å². The van der Waals surface area contributed by atoms with Gasteiger partial charge in [-0.25, -0.2) is 0 Å². The predicted molar refractivity (Wildman–Crippen MR) is 84.0 cm³/mol. The molecule has 0 atom stereocenters. The van der Waals surface area contributed by atoms with E-state index in [0.29, 0.717) is 0 Å². The Morgan fingerprint density at radius 3 is 2.76 bits per heavy atom. The minimum Gasteiger partial charge on any atom is -0.409 e. The van der Waals surface area contributed by atoms with Crippen molar-refractivity contribution in [1.82, 2.24) is 4.90 Å². The Labute approximate surface area is 125 Å². The molecular formula is C15H24N4O2. The van der Waals surface area contributed by atoms with Gasteiger partial charge >= 0.3 is 0 Å². The lowest BCUT2D eigenvalue weighted by atomic mass is 10.1. The van der Waals surface area contributed by atoms with Gasteiger partial charge in [0.15, 0.2) is 5.84 Å². The van der Waals surface area contributed by atoms with Crippen molar-refractivity contribution in [3.63, 3.8) is 0 Å². The fourth-order valence-electron chi connectivity index (χ4n) is 2.78. The van der Waals surface area contributed by atoms with Crippen LogP contribution in [0.4, 0.5) is 5.69 Å². The normalized spacial score (nSPS) is 17.8. The quantitative estimate of drug-likeness (QED) is 0.327. The average Bonchev–Trinajstić information content (AvgIpc) is 2.72. The highest BCUT2D eigenvalue weighted by Crippen LogP contribution is 2.20. The number of aliphatic hydroxyl groups excluding tert-OH is 1. The van der Waals surface area contributed by atoms with Gasteiger partial charge in [-0.2, -0.15) is 0 Å². The van der Waals surface area contributed by atoms with E-state index in [0.717, 1.165) is 56.0 Å². The van der Waals surface area contributed by atoms with Gasteiger partial charge in [0.2, 0.25) is 0 Å². The third-order valence-electron chi connectivity index (χ3n) is 3.96. The third-order valence-corrected chi connectivity index (χ3v) is 3.96. The molecule has 1 saturated heterocycles. The smallest absolute Gasteiger partial charge is 0.170 e. The highest BCUT2D eigenvalue weighted by Gasteiger charge is 2.15. The lowest BCUT2D eigenvalue weighted by Gasteiger charge is -2.24. The maximum atomic E-state index is 9.04. The summed E-state index contributed by atoms with van der Waals surface area (Å²) in [6.45, 7) is 6.86. The average molecular weight is 292 g/mol. The molecule has 1 aromatic rings. The Bertz CT molecular complexity index is 504. The standard InChI is InChI=1S/C15H24N4O2/c1-12-11-13(3-4-14(12)15(16)17-21)19-6-2-5-18(7-8-19)9-10-20/h3-4,11,20-21H,2,5-10H2,1H3,(H2,16,17). The molecule has 6 nitrogen and oxygen atoms in total. The maximum Gasteiger partial charge on any atom is 0.170 e. The molecule has 21 heavy (non-hydrogen) atoms. The number of amidine groups is 1. The van der Waals surface area contributed by atoms with E-state index >= 15 is 0 Å². The van der Waals surface area contributed by atoms with Crippen molar-refractivity contribution in [1.29, 1.82) is 0 Å². The lowest BCUT2D eigenvalue weighted by Crippen LogP contribution is -2.32. The Morgan fingerprint density at radius 1 is 1.29 bits per heavy atom. The molecule has 2 rings (SSSR count). The summed E-state index contributed by atoms with van der Waals surface area (Å²) in [6.07, 6.45) is 1.08. The molecule has 0 saturated carbocycles. The number of anilines is 1. The summed E-state index contributed by atoms with van der Waals surface area (Å²) in [5.41, 5.74) is 8.58. The van der Waals surface area contributed by atoms with E-state index < -0.39 is 0 Å². The second-order valence-corrected chi connectivity index (χ2v) is 5.39. The molecule has 0 amide bonds. The van der Waals surface area contributed by atoms with Gasteiger partial charge in [0.25, 0.3) is 0 Å². The molecule has 1 aliphatic rings. The fourth-order valence-corrected chi connectivity index (χ4v) is 2.78. The van der Waals surface area contributed by atoms with Crippen molar-refractivity contribution in [2.45, 2.75) is 13.3 Å². The van der Waals surface area contributed by atoms with Crippen molar-refractivity contribution in [2.75, 3.05) is 44.2 Å². The van der Waals surface area contributed by atoms with Crippen molar-refractivity contribution in [3.8, 4) is 0 Å². The van der Waals surface area contributed by atoms with E-state index in [2.05, 4.69) is 21.0 Å². The van der Waals surface area contributed by atoms with Crippen LogP contribution in [0.25, 0.3) is 0 Å². The van der Waals surface area contributed by atoms with Gasteiger partial charge in [0, 0.05) is 37.4 Å². The molecule has 0 unspecified atom stereocenters. The van der Waals surface area contributed by atoms with Crippen molar-refractivity contribution < 1.29 is 10.3 Å². The topological polar surface area (TPSA) is 85.3 Å². The first-order chi connectivity index (χ1) is 10.2. The zero-order valence-corrected chi connectivity index (χ0v) is 12.5. The van der Waals surface area contributed by atoms with Crippen LogP contribution in [-0.4, -0.2) is 60.4 Å². The van der Waals surface area contributed by atoms with Gasteiger partial charge in [-0.3, -0.25) is 4.90 Å². The largest absolute Gasteiger partial charge is 0.409 e. The number of hydrogen-bond acceptors (Lipinski definition) is 5. The molecule has 0 bridgehead atoms. The number of oxime groups is 1. The first-order valence-electron chi connectivity index (χ1n) is 7.32. The Hall–Kier alpha value is -1.79. The van der Waals surface area contributed by atoms with E-state index in [4.69, 9.17) is 16.0 Å². The van der Waals surface area contributed by atoms with Crippen molar-refractivity contribution in [2.24, 2.45) is 10.9 Å². The van der Waals surface area contributed by atoms with Crippen LogP contribution in [-0.2, 0) is 0 Å². The van der Waals surface area contributed by atoms with E-state index in [9.17, 15) is 0 Å². The molecule has 0 spiro atoms. The molecule has 0 aromatic heterocycles. The van der Waals surface area contributed by atoms with E-state index in [1.807, 2.05) is 19.1 Å². The van der Waals surface area contributed by atoms with Gasteiger partial charge in [-0.1, -0.05) is 5.16 Å². The molecular weight excluding hydrogens is 268 g/mol. The summed E-state index contributed by atoms with van der Waals surface area (Å²) in [5, 5.41) is 20.9. The van der Waals surface area contributed by atoms with Crippen LogP contribution < -0.4 is 10.6 Å². The molecule has 1 fully saturated rings. The molecule has 0 aliphatic carbocycles. The molecule has 4 N–H and O–H groups in total.